The molecule has 5 heteroatoms. The fourth-order valence-electron chi connectivity index (χ4n) is 2.36. The Kier molecular flexibility index (Phi) is 6.87. The van der Waals surface area contributed by atoms with Gasteiger partial charge in [0.25, 0.3) is 0 Å². The second-order valence-electron chi connectivity index (χ2n) is 5.29. The standard InChI is InChI=1S/C16H22ClNO2S/c1-2-15(13-3-5-14(17)6-4-13)21-11-16(19)18-9-12-7-8-20-10-12/h3-6,12,15H,2,7-11H2,1H3,(H,18,19). The van der Waals surface area contributed by atoms with E-state index in [-0.39, 0.29) is 5.91 Å². The molecule has 1 fully saturated rings. The molecule has 3 nitrogen and oxygen atoms in total. The number of benzene rings is 1. The van der Waals surface area contributed by atoms with Crippen LogP contribution in [0.1, 0.15) is 30.6 Å². The zero-order valence-corrected chi connectivity index (χ0v) is 13.9. The van der Waals surface area contributed by atoms with Crippen molar-refractivity contribution < 1.29 is 9.53 Å². The van der Waals surface area contributed by atoms with Gasteiger partial charge >= 0.3 is 0 Å². The molecule has 0 radical (unpaired) electrons. The number of carbonyl (C=O) groups excluding carboxylic acids is 1. The van der Waals surface area contributed by atoms with E-state index in [1.165, 1.54) is 5.56 Å². The van der Waals surface area contributed by atoms with Crippen molar-refractivity contribution in [2.24, 2.45) is 5.92 Å². The summed E-state index contributed by atoms with van der Waals surface area (Å²) in [5, 5.41) is 4.09. The largest absolute Gasteiger partial charge is 0.381 e. The van der Waals surface area contributed by atoms with Crippen molar-refractivity contribution in [1.29, 1.82) is 0 Å². The molecule has 0 aromatic heterocycles. The number of hydrogen-bond donors (Lipinski definition) is 1. The number of thioether (sulfide) groups is 1. The molecule has 1 amide bonds. The van der Waals surface area contributed by atoms with Crippen LogP contribution in [0.4, 0.5) is 0 Å². The highest BCUT2D eigenvalue weighted by Crippen LogP contribution is 2.32. The van der Waals surface area contributed by atoms with Gasteiger partial charge in [-0.3, -0.25) is 4.79 Å². The van der Waals surface area contributed by atoms with Gasteiger partial charge in [-0.2, -0.15) is 0 Å². The summed E-state index contributed by atoms with van der Waals surface area (Å²) >= 11 is 7.59. The van der Waals surface area contributed by atoms with Crippen LogP contribution in [0.5, 0.6) is 0 Å². The lowest BCUT2D eigenvalue weighted by Gasteiger charge is -2.15. The Morgan fingerprint density at radius 1 is 1.48 bits per heavy atom. The summed E-state index contributed by atoms with van der Waals surface area (Å²) in [6.45, 7) is 4.47. The smallest absolute Gasteiger partial charge is 0.230 e. The van der Waals surface area contributed by atoms with Crippen molar-refractivity contribution in [3.63, 3.8) is 0 Å². The molecule has 1 aliphatic rings. The Morgan fingerprint density at radius 2 is 2.24 bits per heavy atom. The van der Waals surface area contributed by atoms with Crippen molar-refractivity contribution in [1.82, 2.24) is 5.32 Å². The van der Waals surface area contributed by atoms with Crippen LogP contribution >= 0.6 is 23.4 Å². The molecule has 0 bridgehead atoms. The molecule has 0 spiro atoms. The summed E-state index contributed by atoms with van der Waals surface area (Å²) in [6.07, 6.45) is 2.05. The fraction of sp³-hybridized carbons (Fsp3) is 0.562. The first kappa shape index (κ1) is 16.7. The van der Waals surface area contributed by atoms with E-state index in [0.717, 1.165) is 37.6 Å². The van der Waals surface area contributed by atoms with Gasteiger partial charge in [-0.1, -0.05) is 30.7 Å². The van der Waals surface area contributed by atoms with Gasteiger partial charge in [0.15, 0.2) is 0 Å². The maximum absolute atomic E-state index is 11.9. The average molecular weight is 328 g/mol. The molecule has 1 aromatic carbocycles. The number of hydrogen-bond acceptors (Lipinski definition) is 3. The molecule has 2 atom stereocenters. The zero-order valence-electron chi connectivity index (χ0n) is 12.3. The summed E-state index contributed by atoms with van der Waals surface area (Å²) in [7, 11) is 0. The lowest BCUT2D eigenvalue weighted by molar-refractivity contribution is -0.118. The van der Waals surface area contributed by atoms with Crippen LogP contribution in [0.25, 0.3) is 0 Å². The van der Waals surface area contributed by atoms with Crippen molar-refractivity contribution in [2.75, 3.05) is 25.5 Å². The number of ether oxygens (including phenoxy) is 1. The Hall–Kier alpha value is -0.710. The lowest BCUT2D eigenvalue weighted by Crippen LogP contribution is -2.31. The Labute approximate surface area is 135 Å². The molecule has 2 rings (SSSR count). The normalized spacial score (nSPS) is 19.4. The van der Waals surface area contributed by atoms with Crippen LogP contribution in [-0.4, -0.2) is 31.4 Å². The summed E-state index contributed by atoms with van der Waals surface area (Å²) < 4.78 is 5.31. The highest BCUT2D eigenvalue weighted by Gasteiger charge is 2.17. The van der Waals surface area contributed by atoms with Crippen molar-refractivity contribution in [3.05, 3.63) is 34.9 Å². The van der Waals surface area contributed by atoms with Gasteiger partial charge in [-0.05, 0) is 30.5 Å². The summed E-state index contributed by atoms with van der Waals surface area (Å²) in [4.78, 5) is 11.9. The second-order valence-corrected chi connectivity index (χ2v) is 6.92. The van der Waals surface area contributed by atoms with Gasteiger partial charge in [0, 0.05) is 29.3 Å². The molecule has 2 unspecified atom stereocenters. The predicted molar refractivity (Wildman–Crippen MR) is 88.9 cm³/mol. The molecule has 116 valence electrons. The molecule has 1 saturated heterocycles. The van der Waals surface area contributed by atoms with Crippen molar-refractivity contribution in [3.8, 4) is 0 Å². The minimum Gasteiger partial charge on any atom is -0.381 e. The second kappa shape index (κ2) is 8.66. The molecule has 0 saturated carbocycles. The Morgan fingerprint density at radius 3 is 2.86 bits per heavy atom. The topological polar surface area (TPSA) is 38.3 Å². The van der Waals surface area contributed by atoms with Gasteiger partial charge in [-0.15, -0.1) is 11.8 Å². The van der Waals surface area contributed by atoms with Crippen LogP contribution in [-0.2, 0) is 9.53 Å². The first-order valence-electron chi connectivity index (χ1n) is 7.40. The molecular weight excluding hydrogens is 306 g/mol. The van der Waals surface area contributed by atoms with Gasteiger partial charge in [-0.25, -0.2) is 0 Å². The van der Waals surface area contributed by atoms with Crippen LogP contribution in [0.3, 0.4) is 0 Å². The van der Waals surface area contributed by atoms with E-state index in [4.69, 9.17) is 16.3 Å². The third-order valence-electron chi connectivity index (χ3n) is 3.64. The summed E-state index contributed by atoms with van der Waals surface area (Å²) in [6, 6.07) is 7.88. The van der Waals surface area contributed by atoms with Gasteiger partial charge in [0.05, 0.1) is 12.4 Å². The predicted octanol–water partition coefficient (Wildman–Crippen LogP) is 3.68. The molecule has 21 heavy (non-hydrogen) atoms. The van der Waals surface area contributed by atoms with E-state index in [2.05, 4.69) is 12.2 Å². The number of carbonyl (C=O) groups is 1. The van der Waals surface area contributed by atoms with Gasteiger partial charge in [0.2, 0.25) is 5.91 Å². The van der Waals surface area contributed by atoms with E-state index in [9.17, 15) is 4.79 Å². The van der Waals surface area contributed by atoms with Crippen LogP contribution in [0, 0.1) is 5.92 Å². The van der Waals surface area contributed by atoms with E-state index in [1.54, 1.807) is 11.8 Å². The minimum absolute atomic E-state index is 0.110. The molecule has 1 heterocycles. The van der Waals surface area contributed by atoms with E-state index < -0.39 is 0 Å². The third kappa shape index (κ3) is 5.53. The van der Waals surface area contributed by atoms with Gasteiger partial charge < -0.3 is 10.1 Å². The highest BCUT2D eigenvalue weighted by atomic mass is 35.5. The highest BCUT2D eigenvalue weighted by molar-refractivity contribution is 8.00. The lowest BCUT2D eigenvalue weighted by atomic mass is 10.1. The van der Waals surface area contributed by atoms with Crippen molar-refractivity contribution >= 4 is 29.3 Å². The molecule has 1 aliphatic heterocycles. The SMILES string of the molecule is CCC(SCC(=O)NCC1CCOC1)c1ccc(Cl)cc1. The van der Waals surface area contributed by atoms with Crippen LogP contribution < -0.4 is 5.32 Å². The monoisotopic (exact) mass is 327 g/mol. The first-order chi connectivity index (χ1) is 10.2. The van der Waals surface area contributed by atoms with E-state index in [0.29, 0.717) is 16.9 Å². The molecule has 0 aliphatic carbocycles. The molecule has 1 aromatic rings. The fourth-order valence-corrected chi connectivity index (χ4v) is 3.52. The summed E-state index contributed by atoms with van der Waals surface area (Å²) in [5.41, 5.74) is 1.23. The number of halogens is 1. The Bertz CT molecular complexity index is 446. The maximum atomic E-state index is 11.9. The zero-order chi connectivity index (χ0) is 15.1. The Balaban J connectivity index is 1.74. The molecule has 1 N–H and O–H groups in total. The number of nitrogens with one attached hydrogen (secondary N) is 1. The molecular formula is C16H22ClNO2S. The van der Waals surface area contributed by atoms with E-state index in [1.807, 2.05) is 24.3 Å². The van der Waals surface area contributed by atoms with Crippen LogP contribution in [0.15, 0.2) is 24.3 Å². The summed E-state index contributed by atoms with van der Waals surface area (Å²) in [5.74, 6) is 1.09. The number of amides is 1. The maximum Gasteiger partial charge on any atom is 0.230 e. The van der Waals surface area contributed by atoms with E-state index >= 15 is 0 Å². The first-order valence-corrected chi connectivity index (χ1v) is 8.83. The third-order valence-corrected chi connectivity index (χ3v) is 5.33. The van der Waals surface area contributed by atoms with Gasteiger partial charge in [0.1, 0.15) is 0 Å². The quantitative estimate of drug-likeness (QED) is 0.830. The van der Waals surface area contributed by atoms with Crippen molar-refractivity contribution in [2.45, 2.75) is 25.0 Å². The number of rotatable bonds is 7. The minimum atomic E-state index is 0.110. The average Bonchev–Trinajstić information content (AvgIpc) is 3.01. The van der Waals surface area contributed by atoms with Crippen LogP contribution in [0.2, 0.25) is 5.02 Å².